The third kappa shape index (κ3) is 7.69. The zero-order valence-corrected chi connectivity index (χ0v) is 22.9. The Balaban J connectivity index is 1.67. The van der Waals surface area contributed by atoms with Gasteiger partial charge in [-0.3, -0.25) is 9.10 Å². The highest BCUT2D eigenvalue weighted by molar-refractivity contribution is 7.92. The number of hydrogen-bond acceptors (Lipinski definition) is 6. The number of hydrogen-bond donors (Lipinski definition) is 1. The number of anilines is 1. The van der Waals surface area contributed by atoms with Crippen molar-refractivity contribution in [2.45, 2.75) is 27.3 Å². The fraction of sp³-hybridized carbons (Fsp3) is 0.241. The van der Waals surface area contributed by atoms with Gasteiger partial charge in [-0.2, -0.15) is 5.10 Å². The molecule has 0 saturated carbocycles. The highest BCUT2D eigenvalue weighted by Gasteiger charge is 2.18. The molecular weight excluding hydrogens is 502 g/mol. The van der Waals surface area contributed by atoms with Crippen LogP contribution in [0, 0.1) is 13.8 Å². The molecule has 0 unspecified atom stereocenters. The Labute approximate surface area is 224 Å². The van der Waals surface area contributed by atoms with E-state index in [0.717, 1.165) is 22.3 Å². The number of carbonyl (C=O) groups excluding carboxylic acids is 1. The number of aryl methyl sites for hydroxylation is 2. The minimum Gasteiger partial charge on any atom is -0.490 e. The molecule has 38 heavy (non-hydrogen) atoms. The summed E-state index contributed by atoms with van der Waals surface area (Å²) in [6.07, 6.45) is 4.35. The number of ether oxygens (including phenoxy) is 2. The van der Waals surface area contributed by atoms with E-state index in [1.54, 1.807) is 54.6 Å². The van der Waals surface area contributed by atoms with E-state index in [1.165, 1.54) is 16.8 Å². The number of amides is 1. The second kappa shape index (κ2) is 12.9. The lowest BCUT2D eigenvalue weighted by atomic mass is 10.1. The van der Waals surface area contributed by atoms with Crippen LogP contribution in [-0.4, -0.2) is 40.0 Å². The van der Waals surface area contributed by atoms with E-state index in [2.05, 4.69) is 17.1 Å². The Morgan fingerprint density at radius 3 is 2.37 bits per heavy atom. The lowest BCUT2D eigenvalue weighted by molar-refractivity contribution is 0.0955. The Bertz CT molecular complexity index is 1420. The molecular formula is C29H33N3O5S. The molecule has 200 valence electrons. The number of benzene rings is 3. The van der Waals surface area contributed by atoms with Crippen LogP contribution in [0.5, 0.6) is 11.5 Å². The van der Waals surface area contributed by atoms with Crippen molar-refractivity contribution in [1.82, 2.24) is 5.43 Å². The quantitative estimate of drug-likeness (QED) is 0.200. The number of carbonyl (C=O) groups is 1. The first-order valence-corrected chi connectivity index (χ1v) is 13.9. The van der Waals surface area contributed by atoms with Crippen LogP contribution in [0.2, 0.25) is 0 Å². The summed E-state index contributed by atoms with van der Waals surface area (Å²) in [6.45, 7) is 10.4. The van der Waals surface area contributed by atoms with Crippen molar-refractivity contribution < 1.29 is 22.7 Å². The van der Waals surface area contributed by atoms with E-state index in [0.29, 0.717) is 36.0 Å². The van der Waals surface area contributed by atoms with E-state index in [1.807, 2.05) is 32.9 Å². The van der Waals surface area contributed by atoms with Gasteiger partial charge in [0.15, 0.2) is 11.5 Å². The summed E-state index contributed by atoms with van der Waals surface area (Å²) in [5.41, 5.74) is 7.07. The molecule has 0 fully saturated rings. The summed E-state index contributed by atoms with van der Waals surface area (Å²) in [6, 6.07) is 17.6. The molecule has 3 aromatic rings. The predicted octanol–water partition coefficient (Wildman–Crippen LogP) is 5.00. The molecule has 0 radical (unpaired) electrons. The molecule has 0 saturated heterocycles. The van der Waals surface area contributed by atoms with Gasteiger partial charge in [0.25, 0.3) is 5.91 Å². The van der Waals surface area contributed by atoms with Crippen molar-refractivity contribution in [2.75, 3.05) is 23.8 Å². The van der Waals surface area contributed by atoms with Gasteiger partial charge in [-0.15, -0.1) is 0 Å². The third-order valence-electron chi connectivity index (χ3n) is 5.73. The second-order valence-corrected chi connectivity index (χ2v) is 10.6. The van der Waals surface area contributed by atoms with Crippen LogP contribution in [-0.2, 0) is 16.6 Å². The average molecular weight is 536 g/mol. The summed E-state index contributed by atoms with van der Waals surface area (Å²) < 4.78 is 37.5. The number of hydrazone groups is 1. The van der Waals surface area contributed by atoms with Gasteiger partial charge in [0.2, 0.25) is 10.0 Å². The van der Waals surface area contributed by atoms with E-state index < -0.39 is 15.9 Å². The molecule has 1 amide bonds. The van der Waals surface area contributed by atoms with Crippen molar-refractivity contribution in [1.29, 1.82) is 0 Å². The van der Waals surface area contributed by atoms with Crippen LogP contribution in [0.25, 0.3) is 0 Å². The van der Waals surface area contributed by atoms with Crippen molar-refractivity contribution in [2.24, 2.45) is 5.10 Å². The van der Waals surface area contributed by atoms with Gasteiger partial charge < -0.3 is 9.47 Å². The zero-order chi connectivity index (χ0) is 27.7. The normalized spacial score (nSPS) is 11.3. The van der Waals surface area contributed by atoms with Gasteiger partial charge in [-0.05, 0) is 85.5 Å². The molecule has 0 bridgehead atoms. The Hall–Kier alpha value is -4.11. The number of rotatable bonds is 12. The lowest BCUT2D eigenvalue weighted by Crippen LogP contribution is -2.29. The molecule has 0 aromatic heterocycles. The molecule has 0 atom stereocenters. The largest absolute Gasteiger partial charge is 0.490 e. The minimum absolute atomic E-state index is 0.149. The molecule has 0 aliphatic heterocycles. The first-order valence-electron chi connectivity index (χ1n) is 12.1. The molecule has 0 spiro atoms. The standard InChI is InChI=1S/C29H33N3O5S/c1-6-16-37-27-15-11-24(18-28(27)36-7-2)19-30-31-29(33)25-12-9-23(10-13-25)20-32(38(5,34)35)26-14-8-21(3)22(4)17-26/h6,8-15,17-19H,1,7,16,20H2,2-5H3,(H,31,33). The summed E-state index contributed by atoms with van der Waals surface area (Å²) in [5, 5.41) is 4.04. The molecule has 3 aromatic carbocycles. The Morgan fingerprint density at radius 2 is 1.74 bits per heavy atom. The fourth-order valence-electron chi connectivity index (χ4n) is 3.58. The van der Waals surface area contributed by atoms with Gasteiger partial charge >= 0.3 is 0 Å². The fourth-order valence-corrected chi connectivity index (χ4v) is 4.46. The SMILES string of the molecule is C=CCOc1ccc(C=NNC(=O)c2ccc(CN(c3ccc(C)c(C)c3)S(C)(=O)=O)cc2)cc1OCC. The summed E-state index contributed by atoms with van der Waals surface area (Å²) in [4.78, 5) is 12.6. The zero-order valence-electron chi connectivity index (χ0n) is 22.1. The van der Waals surface area contributed by atoms with E-state index in [9.17, 15) is 13.2 Å². The maximum atomic E-state index is 12.6. The van der Waals surface area contributed by atoms with Gasteiger partial charge in [0, 0.05) is 5.56 Å². The summed E-state index contributed by atoms with van der Waals surface area (Å²) in [7, 11) is -3.51. The third-order valence-corrected chi connectivity index (χ3v) is 6.87. The second-order valence-electron chi connectivity index (χ2n) is 8.67. The summed E-state index contributed by atoms with van der Waals surface area (Å²) >= 11 is 0. The maximum Gasteiger partial charge on any atom is 0.271 e. The molecule has 0 aliphatic carbocycles. The first kappa shape index (κ1) is 28.5. The highest BCUT2D eigenvalue weighted by atomic mass is 32.2. The van der Waals surface area contributed by atoms with Gasteiger partial charge in [-0.25, -0.2) is 13.8 Å². The topological polar surface area (TPSA) is 97.3 Å². The molecule has 8 nitrogen and oxygen atoms in total. The van der Waals surface area contributed by atoms with Crippen LogP contribution in [0.4, 0.5) is 5.69 Å². The highest BCUT2D eigenvalue weighted by Crippen LogP contribution is 2.28. The molecule has 0 aliphatic rings. The van der Waals surface area contributed by atoms with Gasteiger partial charge in [0.1, 0.15) is 6.61 Å². The number of nitrogens with zero attached hydrogens (tertiary/aromatic N) is 2. The van der Waals surface area contributed by atoms with Crippen LogP contribution in [0.3, 0.4) is 0 Å². The minimum atomic E-state index is -3.51. The van der Waals surface area contributed by atoms with Gasteiger partial charge in [0.05, 0.1) is 31.3 Å². The molecule has 9 heteroatoms. The smallest absolute Gasteiger partial charge is 0.271 e. The maximum absolute atomic E-state index is 12.6. The molecule has 1 N–H and O–H groups in total. The Morgan fingerprint density at radius 1 is 1.00 bits per heavy atom. The van der Waals surface area contributed by atoms with E-state index >= 15 is 0 Å². The average Bonchev–Trinajstić information content (AvgIpc) is 2.88. The van der Waals surface area contributed by atoms with Crippen LogP contribution in [0.1, 0.15) is 39.5 Å². The first-order chi connectivity index (χ1) is 18.1. The monoisotopic (exact) mass is 535 g/mol. The van der Waals surface area contributed by atoms with Crippen LogP contribution in [0.15, 0.2) is 78.4 Å². The van der Waals surface area contributed by atoms with Crippen molar-refractivity contribution in [3.8, 4) is 11.5 Å². The molecule has 0 heterocycles. The van der Waals surface area contributed by atoms with Crippen molar-refractivity contribution in [3.05, 3.63) is 101 Å². The Kier molecular flexibility index (Phi) is 9.67. The number of sulfonamides is 1. The van der Waals surface area contributed by atoms with Crippen molar-refractivity contribution >= 4 is 27.8 Å². The summed E-state index contributed by atoms with van der Waals surface area (Å²) in [5.74, 6) is 0.780. The van der Waals surface area contributed by atoms with Crippen molar-refractivity contribution in [3.63, 3.8) is 0 Å². The number of nitrogens with one attached hydrogen (secondary N) is 1. The van der Waals surface area contributed by atoms with E-state index in [-0.39, 0.29) is 6.54 Å². The van der Waals surface area contributed by atoms with Gasteiger partial charge in [-0.1, -0.05) is 30.9 Å². The van der Waals surface area contributed by atoms with E-state index in [4.69, 9.17) is 9.47 Å². The predicted molar refractivity (Wildman–Crippen MR) is 152 cm³/mol. The molecule has 3 rings (SSSR count). The van der Waals surface area contributed by atoms with Crippen LogP contribution >= 0.6 is 0 Å². The van der Waals surface area contributed by atoms with Crippen LogP contribution < -0.4 is 19.2 Å². The lowest BCUT2D eigenvalue weighted by Gasteiger charge is -2.23.